The van der Waals surface area contributed by atoms with Gasteiger partial charge in [0.05, 0.1) is 20.0 Å². The predicted octanol–water partition coefficient (Wildman–Crippen LogP) is 5.25. The number of rotatable bonds is 6. The van der Waals surface area contributed by atoms with Crippen LogP contribution in [0.25, 0.3) is 6.08 Å². The molecule has 0 unspecified atom stereocenters. The maximum atomic E-state index is 6.14. The van der Waals surface area contributed by atoms with E-state index in [9.17, 15) is 0 Å². The molecule has 0 fully saturated rings. The highest BCUT2D eigenvalue weighted by atomic mass is 28.4. The molecule has 122 valence electrons. The Hall–Kier alpha value is -1.68. The molecular formula is C18H28O3Si. The Kier molecular flexibility index (Phi) is 5.89. The lowest BCUT2D eigenvalue weighted by atomic mass is 10.1. The summed E-state index contributed by atoms with van der Waals surface area (Å²) in [6.07, 6.45) is 3.83. The van der Waals surface area contributed by atoms with Gasteiger partial charge >= 0.3 is 0 Å². The SMILES string of the molecule is C=C(/C=C/c1cc(OC)ccc1OC)O[Si](C)(C)C(C)(C)C. The molecule has 0 bridgehead atoms. The fourth-order valence-corrected chi connectivity index (χ4v) is 2.70. The normalized spacial score (nSPS) is 12.3. The molecule has 0 aliphatic heterocycles. The molecule has 0 aromatic heterocycles. The molecule has 0 amide bonds. The van der Waals surface area contributed by atoms with Crippen LogP contribution in [0.5, 0.6) is 11.5 Å². The third kappa shape index (κ3) is 4.66. The number of benzene rings is 1. The van der Waals surface area contributed by atoms with Crippen molar-refractivity contribution in [2.24, 2.45) is 0 Å². The van der Waals surface area contributed by atoms with Crippen LogP contribution in [0.3, 0.4) is 0 Å². The molecule has 1 aromatic carbocycles. The summed E-state index contributed by atoms with van der Waals surface area (Å²) < 4.78 is 16.8. The number of allylic oxidation sites excluding steroid dienone is 1. The van der Waals surface area contributed by atoms with E-state index in [1.807, 2.05) is 30.4 Å². The van der Waals surface area contributed by atoms with E-state index in [-0.39, 0.29) is 5.04 Å². The maximum Gasteiger partial charge on any atom is 0.250 e. The second-order valence-electron chi connectivity index (χ2n) is 6.77. The smallest absolute Gasteiger partial charge is 0.250 e. The van der Waals surface area contributed by atoms with Crippen LogP contribution in [0.15, 0.2) is 36.6 Å². The molecule has 0 atom stereocenters. The number of hydrogen-bond acceptors (Lipinski definition) is 3. The van der Waals surface area contributed by atoms with Gasteiger partial charge in [-0.05, 0) is 48.5 Å². The van der Waals surface area contributed by atoms with Crippen LogP contribution < -0.4 is 9.47 Å². The molecule has 0 aliphatic carbocycles. The van der Waals surface area contributed by atoms with Crippen molar-refractivity contribution >= 4 is 14.4 Å². The number of ether oxygens (including phenoxy) is 2. The first-order valence-corrected chi connectivity index (χ1v) is 10.3. The van der Waals surface area contributed by atoms with E-state index in [0.29, 0.717) is 5.76 Å². The van der Waals surface area contributed by atoms with E-state index in [2.05, 4.69) is 40.4 Å². The Labute approximate surface area is 135 Å². The van der Waals surface area contributed by atoms with Gasteiger partial charge in [0.2, 0.25) is 8.32 Å². The van der Waals surface area contributed by atoms with Crippen molar-refractivity contribution in [3.8, 4) is 11.5 Å². The van der Waals surface area contributed by atoms with Gasteiger partial charge in [-0.25, -0.2) is 0 Å². The summed E-state index contributed by atoms with van der Waals surface area (Å²) >= 11 is 0. The molecule has 4 heteroatoms. The fraction of sp³-hybridized carbons (Fsp3) is 0.444. The Balaban J connectivity index is 2.91. The zero-order valence-corrected chi connectivity index (χ0v) is 15.8. The van der Waals surface area contributed by atoms with Gasteiger partial charge in [0.15, 0.2) is 0 Å². The van der Waals surface area contributed by atoms with Crippen LogP contribution in [0.1, 0.15) is 26.3 Å². The zero-order valence-electron chi connectivity index (χ0n) is 14.8. The predicted molar refractivity (Wildman–Crippen MR) is 96.0 cm³/mol. The van der Waals surface area contributed by atoms with E-state index >= 15 is 0 Å². The van der Waals surface area contributed by atoms with Crippen LogP contribution in [0, 0.1) is 0 Å². The largest absolute Gasteiger partial charge is 0.544 e. The molecular weight excluding hydrogens is 292 g/mol. The molecule has 0 aliphatic rings. The first kappa shape index (κ1) is 18.4. The van der Waals surface area contributed by atoms with Crippen LogP contribution in [-0.4, -0.2) is 22.5 Å². The highest BCUT2D eigenvalue weighted by Crippen LogP contribution is 2.38. The Morgan fingerprint density at radius 2 is 1.77 bits per heavy atom. The lowest BCUT2D eigenvalue weighted by Crippen LogP contribution is -2.40. The minimum absolute atomic E-state index is 0.150. The summed E-state index contributed by atoms with van der Waals surface area (Å²) in [6.45, 7) is 15.1. The van der Waals surface area contributed by atoms with Gasteiger partial charge in [-0.2, -0.15) is 0 Å². The first-order chi connectivity index (χ1) is 10.1. The van der Waals surface area contributed by atoms with Crippen molar-refractivity contribution in [1.29, 1.82) is 0 Å². The second-order valence-corrected chi connectivity index (χ2v) is 11.5. The zero-order chi connectivity index (χ0) is 17.0. The van der Waals surface area contributed by atoms with Crippen LogP contribution >= 0.6 is 0 Å². The molecule has 1 aromatic rings. The maximum absolute atomic E-state index is 6.14. The van der Waals surface area contributed by atoms with Gasteiger partial charge in [-0.1, -0.05) is 27.4 Å². The lowest BCUT2D eigenvalue weighted by Gasteiger charge is -2.36. The summed E-state index contributed by atoms with van der Waals surface area (Å²) in [6, 6.07) is 5.68. The molecule has 0 spiro atoms. The van der Waals surface area contributed by atoms with E-state index in [4.69, 9.17) is 13.9 Å². The average molecular weight is 321 g/mol. The van der Waals surface area contributed by atoms with Gasteiger partial charge in [-0.3, -0.25) is 0 Å². The Morgan fingerprint density at radius 1 is 1.14 bits per heavy atom. The fourth-order valence-electron chi connectivity index (χ4n) is 1.67. The van der Waals surface area contributed by atoms with Crippen molar-refractivity contribution in [3.05, 3.63) is 42.2 Å². The molecule has 0 saturated heterocycles. The highest BCUT2D eigenvalue weighted by Gasteiger charge is 2.38. The van der Waals surface area contributed by atoms with Crippen molar-refractivity contribution in [2.75, 3.05) is 14.2 Å². The van der Waals surface area contributed by atoms with Gasteiger partial charge in [0.25, 0.3) is 0 Å². The van der Waals surface area contributed by atoms with E-state index in [1.54, 1.807) is 14.2 Å². The summed E-state index contributed by atoms with van der Waals surface area (Å²) in [4.78, 5) is 0. The lowest BCUT2D eigenvalue weighted by molar-refractivity contribution is 0.401. The minimum Gasteiger partial charge on any atom is -0.544 e. The second kappa shape index (κ2) is 7.05. The van der Waals surface area contributed by atoms with Crippen molar-refractivity contribution in [1.82, 2.24) is 0 Å². The van der Waals surface area contributed by atoms with Gasteiger partial charge in [0.1, 0.15) is 11.5 Å². The standard InChI is InChI=1S/C18H28O3Si/c1-14(21-22(7,8)18(2,3)4)9-10-15-13-16(19-5)11-12-17(15)20-6/h9-13H,1H2,2-8H3/b10-9+. The van der Waals surface area contributed by atoms with Crippen molar-refractivity contribution < 1.29 is 13.9 Å². The third-order valence-electron chi connectivity index (χ3n) is 4.08. The summed E-state index contributed by atoms with van der Waals surface area (Å²) in [7, 11) is 1.45. The van der Waals surface area contributed by atoms with Crippen LogP contribution in [0.4, 0.5) is 0 Å². The highest BCUT2D eigenvalue weighted by molar-refractivity contribution is 6.74. The monoisotopic (exact) mass is 320 g/mol. The van der Waals surface area contributed by atoms with Crippen molar-refractivity contribution in [2.45, 2.75) is 38.9 Å². The van der Waals surface area contributed by atoms with Crippen molar-refractivity contribution in [3.63, 3.8) is 0 Å². The van der Waals surface area contributed by atoms with E-state index in [1.165, 1.54) is 0 Å². The summed E-state index contributed by atoms with van der Waals surface area (Å²) in [5, 5.41) is 0.150. The Morgan fingerprint density at radius 3 is 2.27 bits per heavy atom. The molecule has 3 nitrogen and oxygen atoms in total. The van der Waals surface area contributed by atoms with Gasteiger partial charge < -0.3 is 13.9 Å². The van der Waals surface area contributed by atoms with Crippen LogP contribution in [-0.2, 0) is 4.43 Å². The average Bonchev–Trinajstić information content (AvgIpc) is 2.43. The minimum atomic E-state index is -1.85. The summed E-state index contributed by atoms with van der Waals surface area (Å²) in [5.74, 6) is 2.25. The molecule has 22 heavy (non-hydrogen) atoms. The van der Waals surface area contributed by atoms with Crippen LogP contribution in [0.2, 0.25) is 18.1 Å². The molecule has 0 heterocycles. The number of methoxy groups -OCH3 is 2. The van der Waals surface area contributed by atoms with Gasteiger partial charge in [-0.15, -0.1) is 0 Å². The molecule has 0 N–H and O–H groups in total. The first-order valence-electron chi connectivity index (χ1n) is 7.39. The molecule has 0 saturated carbocycles. The Bertz CT molecular complexity index is 554. The molecule has 1 rings (SSSR count). The third-order valence-corrected chi connectivity index (χ3v) is 8.46. The quantitative estimate of drug-likeness (QED) is 0.407. The van der Waals surface area contributed by atoms with E-state index in [0.717, 1.165) is 17.1 Å². The number of hydrogen-bond donors (Lipinski definition) is 0. The summed E-state index contributed by atoms with van der Waals surface area (Å²) in [5.41, 5.74) is 0.932. The van der Waals surface area contributed by atoms with Gasteiger partial charge in [0, 0.05) is 5.56 Å². The molecule has 0 radical (unpaired) electrons. The topological polar surface area (TPSA) is 27.7 Å². The van der Waals surface area contributed by atoms with E-state index < -0.39 is 8.32 Å².